The third-order valence-corrected chi connectivity index (χ3v) is 4.62. The summed E-state index contributed by atoms with van der Waals surface area (Å²) in [6.45, 7) is 7.85. The molecule has 3 nitrogen and oxygen atoms in total. The largest absolute Gasteiger partial charge is 0.383 e. The molecule has 1 aliphatic carbocycles. The Morgan fingerprint density at radius 1 is 1.43 bits per heavy atom. The van der Waals surface area contributed by atoms with E-state index in [0.717, 1.165) is 42.7 Å². The van der Waals surface area contributed by atoms with Crippen molar-refractivity contribution in [3.8, 4) is 0 Å². The summed E-state index contributed by atoms with van der Waals surface area (Å²) in [5.41, 5.74) is 2.37. The van der Waals surface area contributed by atoms with Gasteiger partial charge in [0.25, 0.3) is 0 Å². The van der Waals surface area contributed by atoms with Crippen LogP contribution in [0.1, 0.15) is 32.3 Å². The number of halogens is 1. The molecule has 1 unspecified atom stereocenters. The summed E-state index contributed by atoms with van der Waals surface area (Å²) in [6.07, 6.45) is 2.69. The highest BCUT2D eigenvalue weighted by Crippen LogP contribution is 2.37. The summed E-state index contributed by atoms with van der Waals surface area (Å²) >= 11 is 6.45. The second-order valence-electron chi connectivity index (χ2n) is 5.82. The maximum absolute atomic E-state index is 6.45. The first-order valence-electron chi connectivity index (χ1n) is 7.92. The summed E-state index contributed by atoms with van der Waals surface area (Å²) < 4.78 is 5.27. The van der Waals surface area contributed by atoms with Crippen LogP contribution < -0.4 is 10.2 Å². The maximum atomic E-state index is 6.45. The number of hydrogen-bond acceptors (Lipinski definition) is 3. The van der Waals surface area contributed by atoms with Crippen LogP contribution in [0.4, 0.5) is 5.69 Å². The highest BCUT2D eigenvalue weighted by atomic mass is 35.5. The van der Waals surface area contributed by atoms with Crippen LogP contribution in [-0.2, 0) is 11.3 Å². The fourth-order valence-electron chi connectivity index (χ4n) is 2.71. The smallest absolute Gasteiger partial charge is 0.0637 e. The maximum Gasteiger partial charge on any atom is 0.0637 e. The number of rotatable bonds is 9. The van der Waals surface area contributed by atoms with E-state index in [1.54, 1.807) is 7.11 Å². The standard InChI is InChI=1S/C17H27ClN2O/c1-4-19-12-15-7-8-16(11-17(15)18)20(9-10-21-3)13(2)14-5-6-14/h7-8,11,13-14,19H,4-6,9-10,12H2,1-3H3. The Morgan fingerprint density at radius 3 is 2.76 bits per heavy atom. The first kappa shape index (κ1) is 16.6. The summed E-state index contributed by atoms with van der Waals surface area (Å²) in [4.78, 5) is 2.43. The third kappa shape index (κ3) is 4.60. The number of nitrogens with zero attached hydrogens (tertiary/aromatic N) is 1. The van der Waals surface area contributed by atoms with Crippen molar-refractivity contribution in [1.29, 1.82) is 0 Å². The Labute approximate surface area is 133 Å². The third-order valence-electron chi connectivity index (χ3n) is 4.27. The summed E-state index contributed by atoms with van der Waals surface area (Å²) in [6, 6.07) is 6.98. The minimum atomic E-state index is 0.552. The van der Waals surface area contributed by atoms with Gasteiger partial charge in [-0.15, -0.1) is 0 Å². The second-order valence-corrected chi connectivity index (χ2v) is 6.23. The van der Waals surface area contributed by atoms with E-state index in [2.05, 4.69) is 42.3 Å². The van der Waals surface area contributed by atoms with Crippen molar-refractivity contribution in [3.05, 3.63) is 28.8 Å². The fraction of sp³-hybridized carbons (Fsp3) is 0.647. The monoisotopic (exact) mass is 310 g/mol. The van der Waals surface area contributed by atoms with Gasteiger partial charge in [0.2, 0.25) is 0 Å². The molecule has 0 amide bonds. The van der Waals surface area contributed by atoms with Gasteiger partial charge in [0.05, 0.1) is 6.61 Å². The van der Waals surface area contributed by atoms with Gasteiger partial charge < -0.3 is 15.0 Å². The molecule has 0 aromatic heterocycles. The van der Waals surface area contributed by atoms with E-state index in [1.165, 1.54) is 18.5 Å². The molecule has 21 heavy (non-hydrogen) atoms. The first-order chi connectivity index (χ1) is 10.2. The molecule has 2 rings (SSSR count). The lowest BCUT2D eigenvalue weighted by Crippen LogP contribution is -2.37. The molecule has 0 heterocycles. The molecule has 4 heteroatoms. The molecule has 0 radical (unpaired) electrons. The molecule has 0 spiro atoms. The number of benzene rings is 1. The van der Waals surface area contributed by atoms with Crippen LogP contribution in [0.25, 0.3) is 0 Å². The van der Waals surface area contributed by atoms with Gasteiger partial charge >= 0.3 is 0 Å². The van der Waals surface area contributed by atoms with Gasteiger partial charge in [-0.05, 0) is 49.9 Å². The molecule has 118 valence electrons. The van der Waals surface area contributed by atoms with E-state index in [4.69, 9.17) is 16.3 Å². The van der Waals surface area contributed by atoms with E-state index in [0.29, 0.717) is 6.04 Å². The Morgan fingerprint density at radius 2 is 2.19 bits per heavy atom. The van der Waals surface area contributed by atoms with Crippen molar-refractivity contribution in [2.24, 2.45) is 5.92 Å². The van der Waals surface area contributed by atoms with Crippen LogP contribution in [-0.4, -0.2) is 32.8 Å². The lowest BCUT2D eigenvalue weighted by molar-refractivity contribution is 0.202. The molecular weight excluding hydrogens is 284 g/mol. The van der Waals surface area contributed by atoms with Crippen molar-refractivity contribution in [2.45, 2.75) is 39.3 Å². The Kier molecular flexibility index (Phi) is 6.34. The lowest BCUT2D eigenvalue weighted by atomic mass is 10.1. The predicted octanol–water partition coefficient (Wildman–Crippen LogP) is 3.70. The highest BCUT2D eigenvalue weighted by Gasteiger charge is 2.32. The van der Waals surface area contributed by atoms with E-state index in [1.807, 2.05) is 0 Å². The van der Waals surface area contributed by atoms with E-state index >= 15 is 0 Å². The zero-order chi connectivity index (χ0) is 15.2. The van der Waals surface area contributed by atoms with Gasteiger partial charge in [-0.1, -0.05) is 24.6 Å². The van der Waals surface area contributed by atoms with Gasteiger partial charge in [-0.3, -0.25) is 0 Å². The van der Waals surface area contributed by atoms with Gasteiger partial charge in [-0.25, -0.2) is 0 Å². The number of nitrogens with one attached hydrogen (secondary N) is 1. The molecule has 1 saturated carbocycles. The van der Waals surface area contributed by atoms with Crippen molar-refractivity contribution >= 4 is 17.3 Å². The van der Waals surface area contributed by atoms with Crippen LogP contribution in [0.15, 0.2) is 18.2 Å². The molecule has 0 saturated heterocycles. The van der Waals surface area contributed by atoms with Crippen molar-refractivity contribution in [3.63, 3.8) is 0 Å². The lowest BCUT2D eigenvalue weighted by Gasteiger charge is -2.32. The normalized spacial score (nSPS) is 16.0. The van der Waals surface area contributed by atoms with Gasteiger partial charge in [0.1, 0.15) is 0 Å². The second kappa shape index (κ2) is 8.02. The fourth-order valence-corrected chi connectivity index (χ4v) is 2.95. The van der Waals surface area contributed by atoms with Gasteiger partial charge in [-0.2, -0.15) is 0 Å². The van der Waals surface area contributed by atoms with Crippen molar-refractivity contribution in [2.75, 3.05) is 31.7 Å². The van der Waals surface area contributed by atoms with Crippen molar-refractivity contribution < 1.29 is 4.74 Å². The van der Waals surface area contributed by atoms with Crippen LogP contribution >= 0.6 is 11.6 Å². The molecule has 1 fully saturated rings. The van der Waals surface area contributed by atoms with Crippen LogP contribution in [0.5, 0.6) is 0 Å². The SMILES string of the molecule is CCNCc1ccc(N(CCOC)C(C)C2CC2)cc1Cl. The average molecular weight is 311 g/mol. The molecule has 0 bridgehead atoms. The van der Waals surface area contributed by atoms with Gasteiger partial charge in [0, 0.05) is 37.0 Å². The highest BCUT2D eigenvalue weighted by molar-refractivity contribution is 6.31. The molecule has 1 atom stereocenters. The summed E-state index contributed by atoms with van der Waals surface area (Å²) in [5, 5.41) is 4.17. The molecule has 0 aliphatic heterocycles. The predicted molar refractivity (Wildman–Crippen MR) is 90.2 cm³/mol. The summed E-state index contributed by atoms with van der Waals surface area (Å²) in [7, 11) is 1.76. The first-order valence-corrected chi connectivity index (χ1v) is 8.29. The van der Waals surface area contributed by atoms with Crippen LogP contribution in [0.3, 0.4) is 0 Å². The van der Waals surface area contributed by atoms with Crippen LogP contribution in [0.2, 0.25) is 5.02 Å². The number of methoxy groups -OCH3 is 1. The number of hydrogen-bond donors (Lipinski definition) is 1. The molecule has 1 N–H and O–H groups in total. The Bertz CT molecular complexity index is 448. The number of ether oxygens (including phenoxy) is 1. The quantitative estimate of drug-likeness (QED) is 0.752. The average Bonchev–Trinajstić information content (AvgIpc) is 3.31. The molecule has 1 aromatic rings. The van der Waals surface area contributed by atoms with E-state index < -0.39 is 0 Å². The zero-order valence-electron chi connectivity index (χ0n) is 13.4. The molecular formula is C17H27ClN2O. The molecule has 1 aromatic carbocycles. The van der Waals surface area contributed by atoms with Gasteiger partial charge in [0.15, 0.2) is 0 Å². The zero-order valence-corrected chi connectivity index (χ0v) is 14.1. The molecule has 1 aliphatic rings. The summed E-state index contributed by atoms with van der Waals surface area (Å²) in [5.74, 6) is 0.821. The minimum absolute atomic E-state index is 0.552. The van der Waals surface area contributed by atoms with Crippen molar-refractivity contribution in [1.82, 2.24) is 5.32 Å². The Balaban J connectivity index is 2.12. The number of anilines is 1. The van der Waals surface area contributed by atoms with Crippen LogP contribution in [0, 0.1) is 5.92 Å². The Hall–Kier alpha value is -0.770. The topological polar surface area (TPSA) is 24.5 Å². The van der Waals surface area contributed by atoms with E-state index in [9.17, 15) is 0 Å². The van der Waals surface area contributed by atoms with E-state index in [-0.39, 0.29) is 0 Å². The minimum Gasteiger partial charge on any atom is -0.383 e.